The van der Waals surface area contributed by atoms with Gasteiger partial charge in [-0.25, -0.2) is 0 Å². The van der Waals surface area contributed by atoms with Gasteiger partial charge in [0.25, 0.3) is 0 Å². The van der Waals surface area contributed by atoms with Crippen LogP contribution in [0.2, 0.25) is 0 Å². The topological polar surface area (TPSA) is 3.24 Å². The molecule has 1 heteroatoms. The molecule has 0 atom stereocenters. The first-order valence-corrected chi connectivity index (χ1v) is 24.5. The van der Waals surface area contributed by atoms with Crippen LogP contribution < -0.4 is 4.90 Å². The van der Waals surface area contributed by atoms with Crippen LogP contribution in [0.5, 0.6) is 0 Å². The zero-order chi connectivity index (χ0) is 43.8. The van der Waals surface area contributed by atoms with Gasteiger partial charge in [0, 0.05) is 22.5 Å². The van der Waals surface area contributed by atoms with E-state index >= 15 is 0 Å². The number of fused-ring (bicyclic) bond motifs is 4. The molecule has 63 heavy (non-hydrogen) atoms. The monoisotopic (exact) mass is 828 g/mol. The second kappa shape index (κ2) is 14.1. The van der Waals surface area contributed by atoms with Gasteiger partial charge in [-0.15, -0.1) is 0 Å². The van der Waals surface area contributed by atoms with Gasteiger partial charge in [0.2, 0.25) is 0 Å². The van der Waals surface area contributed by atoms with Crippen molar-refractivity contribution >= 4 is 17.1 Å². The Bertz CT molecular complexity index is 2690. The third-order valence-electron chi connectivity index (χ3n) is 17.2. The van der Waals surface area contributed by atoms with Crippen molar-refractivity contribution < 1.29 is 0 Å². The number of hydrogen-bond donors (Lipinski definition) is 0. The Morgan fingerprint density at radius 2 is 0.889 bits per heavy atom. The molecule has 0 amide bonds. The van der Waals surface area contributed by atoms with Gasteiger partial charge < -0.3 is 4.90 Å². The fourth-order valence-corrected chi connectivity index (χ4v) is 13.8. The molecule has 12 rings (SSSR count). The normalized spacial score (nSPS) is 24.9. The molecule has 0 radical (unpaired) electrons. The summed E-state index contributed by atoms with van der Waals surface area (Å²) in [6, 6.07) is 50.5. The summed E-state index contributed by atoms with van der Waals surface area (Å²) in [5, 5.41) is 0. The van der Waals surface area contributed by atoms with Crippen LogP contribution in [0.15, 0.2) is 127 Å². The van der Waals surface area contributed by atoms with E-state index < -0.39 is 0 Å². The third-order valence-corrected chi connectivity index (χ3v) is 17.2. The van der Waals surface area contributed by atoms with E-state index in [1.165, 1.54) is 118 Å². The molecule has 0 N–H and O–H groups in total. The summed E-state index contributed by atoms with van der Waals surface area (Å²) in [7, 11) is 0. The smallest absolute Gasteiger partial charge is 0.0465 e. The Morgan fingerprint density at radius 3 is 1.48 bits per heavy atom. The fraction of sp³-hybridized carbons (Fsp3) is 0.419. The van der Waals surface area contributed by atoms with Crippen LogP contribution in [0, 0.1) is 23.7 Å². The fourth-order valence-electron chi connectivity index (χ4n) is 13.8. The number of hydrogen-bond acceptors (Lipinski definition) is 1. The average molecular weight is 828 g/mol. The Labute approximate surface area is 379 Å². The minimum atomic E-state index is 0.0311. The molecule has 0 unspecified atom stereocenters. The van der Waals surface area contributed by atoms with Crippen molar-refractivity contribution in [1.29, 1.82) is 0 Å². The molecule has 4 bridgehead atoms. The molecule has 0 aromatic heterocycles. The molecule has 6 aliphatic rings. The number of benzene rings is 6. The summed E-state index contributed by atoms with van der Waals surface area (Å²) in [5.74, 6) is 3.13. The van der Waals surface area contributed by atoms with E-state index in [1.807, 2.05) is 0 Å². The van der Waals surface area contributed by atoms with E-state index in [2.05, 4.69) is 202 Å². The molecule has 0 saturated heterocycles. The molecule has 6 aromatic rings. The first-order chi connectivity index (χ1) is 29.9. The molecule has 0 heterocycles. The SMILES string of the molecule is CC(C)(C)c1cc(-c2ccc3c(c2)C2(c4cc(N(c5ccc(-c6ccccc6)cc5)c5ccc6c(c5)C(C)(C)CCC6(C)C)ccc4-3)C3CC4CC(C3)CC2C4)cc(C(C)(C)C)c1. The van der Waals surface area contributed by atoms with Gasteiger partial charge in [-0.05, 0) is 200 Å². The zero-order valence-corrected chi connectivity index (χ0v) is 39.8. The highest BCUT2D eigenvalue weighted by Gasteiger charge is 2.61. The maximum Gasteiger partial charge on any atom is 0.0465 e. The lowest BCUT2D eigenvalue weighted by Gasteiger charge is -2.61. The van der Waals surface area contributed by atoms with Crippen molar-refractivity contribution in [2.24, 2.45) is 23.7 Å². The van der Waals surface area contributed by atoms with E-state index in [1.54, 1.807) is 11.1 Å². The lowest BCUT2D eigenvalue weighted by molar-refractivity contribution is -0.0399. The molecule has 4 fully saturated rings. The summed E-state index contributed by atoms with van der Waals surface area (Å²) in [6.45, 7) is 24.0. The summed E-state index contributed by atoms with van der Waals surface area (Å²) in [5.41, 5.74) is 21.5. The van der Waals surface area contributed by atoms with Crippen molar-refractivity contribution in [2.75, 3.05) is 4.90 Å². The van der Waals surface area contributed by atoms with E-state index in [0.29, 0.717) is 11.8 Å². The minimum Gasteiger partial charge on any atom is -0.310 e. The van der Waals surface area contributed by atoms with Crippen LogP contribution in [-0.2, 0) is 27.1 Å². The van der Waals surface area contributed by atoms with Crippen LogP contribution in [0.3, 0.4) is 0 Å². The van der Waals surface area contributed by atoms with Crippen molar-refractivity contribution in [3.63, 3.8) is 0 Å². The Kier molecular flexibility index (Phi) is 9.12. The summed E-state index contributed by atoms with van der Waals surface area (Å²) < 4.78 is 0. The molecular formula is C62H69N. The standard InChI is InChI=1S/C62H69N/c1-58(2,3)45-33-44(34-46(36-45)59(4,5)6)43-18-23-52-53-24-21-50(37-56(53)62(55(52)35-43)47-29-39-28-40(31-47)32-48(62)30-39)63(49-19-16-42(17-20-49)41-14-12-11-13-15-41)51-22-25-54-57(38-51)61(9,10)27-26-60(54,7)8/h11-25,33-40,47-48H,26-32H2,1-10H3. The summed E-state index contributed by atoms with van der Waals surface area (Å²) in [4.78, 5) is 2.59. The first-order valence-electron chi connectivity index (χ1n) is 24.5. The van der Waals surface area contributed by atoms with Crippen molar-refractivity contribution in [3.8, 4) is 33.4 Å². The Balaban J connectivity index is 1.10. The number of nitrogens with zero attached hydrogens (tertiary/aromatic N) is 1. The van der Waals surface area contributed by atoms with Crippen molar-refractivity contribution in [2.45, 2.75) is 141 Å². The van der Waals surface area contributed by atoms with Crippen LogP contribution in [0.4, 0.5) is 17.1 Å². The largest absolute Gasteiger partial charge is 0.310 e. The van der Waals surface area contributed by atoms with Gasteiger partial charge in [-0.2, -0.15) is 0 Å². The lowest BCUT2D eigenvalue weighted by atomic mass is 9.43. The number of anilines is 3. The maximum atomic E-state index is 2.69. The molecule has 322 valence electrons. The molecule has 0 aliphatic heterocycles. The lowest BCUT2D eigenvalue weighted by Crippen LogP contribution is -2.55. The molecule has 4 saturated carbocycles. The predicted octanol–water partition coefficient (Wildman–Crippen LogP) is 17.2. The van der Waals surface area contributed by atoms with Crippen LogP contribution in [-0.4, -0.2) is 0 Å². The zero-order valence-electron chi connectivity index (χ0n) is 39.8. The minimum absolute atomic E-state index is 0.0311. The third kappa shape index (κ3) is 6.52. The van der Waals surface area contributed by atoms with E-state index in [4.69, 9.17) is 0 Å². The van der Waals surface area contributed by atoms with Gasteiger partial charge in [0.1, 0.15) is 0 Å². The van der Waals surface area contributed by atoms with Gasteiger partial charge in [0.05, 0.1) is 0 Å². The average Bonchev–Trinajstić information content (AvgIpc) is 3.53. The Morgan fingerprint density at radius 1 is 0.413 bits per heavy atom. The first kappa shape index (κ1) is 40.9. The summed E-state index contributed by atoms with van der Waals surface area (Å²) in [6.07, 6.45) is 9.35. The Hall–Kier alpha value is -4.88. The highest BCUT2D eigenvalue weighted by Crippen LogP contribution is 2.70. The van der Waals surface area contributed by atoms with Crippen molar-refractivity contribution in [3.05, 3.63) is 161 Å². The van der Waals surface area contributed by atoms with Crippen LogP contribution in [0.25, 0.3) is 33.4 Å². The van der Waals surface area contributed by atoms with E-state index in [-0.39, 0.29) is 27.1 Å². The van der Waals surface area contributed by atoms with Crippen LogP contribution in [0.1, 0.15) is 148 Å². The van der Waals surface area contributed by atoms with E-state index in [9.17, 15) is 0 Å². The number of rotatable bonds is 5. The molecule has 1 spiro atoms. The second-order valence-electron chi connectivity index (χ2n) is 24.2. The molecular weight excluding hydrogens is 759 g/mol. The van der Waals surface area contributed by atoms with E-state index in [0.717, 1.165) is 11.8 Å². The molecule has 6 aliphatic carbocycles. The second-order valence-corrected chi connectivity index (χ2v) is 24.2. The quantitative estimate of drug-likeness (QED) is 0.167. The predicted molar refractivity (Wildman–Crippen MR) is 268 cm³/mol. The highest BCUT2D eigenvalue weighted by molar-refractivity contribution is 5.88. The maximum absolute atomic E-state index is 2.69. The van der Waals surface area contributed by atoms with Crippen LogP contribution >= 0.6 is 0 Å². The van der Waals surface area contributed by atoms with Gasteiger partial charge in [-0.3, -0.25) is 0 Å². The molecule has 6 aromatic carbocycles. The highest BCUT2D eigenvalue weighted by atomic mass is 15.1. The summed E-state index contributed by atoms with van der Waals surface area (Å²) >= 11 is 0. The van der Waals surface area contributed by atoms with Gasteiger partial charge >= 0.3 is 0 Å². The molecule has 1 nitrogen and oxygen atoms in total. The van der Waals surface area contributed by atoms with Gasteiger partial charge in [-0.1, -0.05) is 154 Å². The van der Waals surface area contributed by atoms with Crippen molar-refractivity contribution in [1.82, 2.24) is 0 Å². The van der Waals surface area contributed by atoms with Gasteiger partial charge in [0.15, 0.2) is 0 Å².